The normalized spacial score (nSPS) is 8.50. The fourth-order valence-electron chi connectivity index (χ4n) is 0.714. The molecule has 0 unspecified atom stereocenters. The third-order valence-electron chi connectivity index (χ3n) is 1.25. The topological polar surface area (TPSA) is 0 Å². The predicted molar refractivity (Wildman–Crippen MR) is 52.0 cm³/mol. The fourth-order valence-corrected chi connectivity index (χ4v) is 1.46. The van der Waals surface area contributed by atoms with Crippen LogP contribution < -0.4 is 5.19 Å². The summed E-state index contributed by atoms with van der Waals surface area (Å²) < 4.78 is 0. The van der Waals surface area contributed by atoms with Gasteiger partial charge in [0.1, 0.15) is 0 Å². The average molecular weight is 200 g/mol. The summed E-state index contributed by atoms with van der Waals surface area (Å²) in [6.07, 6.45) is 0. The van der Waals surface area contributed by atoms with Crippen molar-refractivity contribution in [1.29, 1.82) is 0 Å². The minimum atomic E-state index is 0. The van der Waals surface area contributed by atoms with Gasteiger partial charge in [0.15, 0.2) is 0 Å². The SMILES string of the molecule is C[SiH2]c1ccccc1.[K].[K]. The van der Waals surface area contributed by atoms with Crippen LogP contribution in [0.5, 0.6) is 0 Å². The maximum atomic E-state index is 2.30. The molecule has 2 radical (unpaired) electrons. The Morgan fingerprint density at radius 3 is 1.80 bits per heavy atom. The van der Waals surface area contributed by atoms with E-state index in [1.807, 2.05) is 0 Å². The summed E-state index contributed by atoms with van der Waals surface area (Å²) in [7, 11) is 0.0913. The zero-order chi connectivity index (χ0) is 5.82. The van der Waals surface area contributed by atoms with Crippen molar-refractivity contribution >= 4 is 117 Å². The second kappa shape index (κ2) is 9.80. The van der Waals surface area contributed by atoms with E-state index in [4.69, 9.17) is 0 Å². The van der Waals surface area contributed by atoms with Crippen LogP contribution in [0.25, 0.3) is 0 Å². The molecule has 0 aliphatic rings. The van der Waals surface area contributed by atoms with Crippen molar-refractivity contribution < 1.29 is 0 Å². The number of rotatable bonds is 1. The van der Waals surface area contributed by atoms with E-state index in [0.717, 1.165) is 0 Å². The van der Waals surface area contributed by atoms with Crippen LogP contribution in [-0.2, 0) is 0 Å². The van der Waals surface area contributed by atoms with Gasteiger partial charge in [-0.3, -0.25) is 0 Å². The molecule has 0 aromatic heterocycles. The van der Waals surface area contributed by atoms with E-state index in [0.29, 0.717) is 0 Å². The molecule has 0 fully saturated rings. The third-order valence-corrected chi connectivity index (χ3v) is 2.54. The Hall–Kier alpha value is 2.71. The first-order valence-corrected chi connectivity index (χ1v) is 5.09. The van der Waals surface area contributed by atoms with Gasteiger partial charge in [-0.05, 0) is 0 Å². The monoisotopic (exact) mass is 200 g/mol. The molecular weight excluding hydrogens is 190 g/mol. The standard InChI is InChI=1S/C7H10Si.2K/c1-8-7-5-3-2-4-6-7;;/h2-6H,8H2,1H3;;. The van der Waals surface area contributed by atoms with Gasteiger partial charge in [-0.1, -0.05) is 42.1 Å². The van der Waals surface area contributed by atoms with Gasteiger partial charge in [0.25, 0.3) is 0 Å². The first-order chi connectivity index (χ1) is 3.93. The van der Waals surface area contributed by atoms with Gasteiger partial charge in [0, 0.05) is 103 Å². The molecule has 0 N–H and O–H groups in total. The van der Waals surface area contributed by atoms with Gasteiger partial charge in [0.2, 0.25) is 0 Å². The Morgan fingerprint density at radius 1 is 1.00 bits per heavy atom. The van der Waals surface area contributed by atoms with Crippen LogP contribution in [0.1, 0.15) is 0 Å². The van der Waals surface area contributed by atoms with E-state index in [1.54, 1.807) is 5.19 Å². The predicted octanol–water partition coefficient (Wildman–Crippen LogP) is -0.233. The number of hydrogen-bond donors (Lipinski definition) is 0. The smallest absolute Gasteiger partial charge is 0.0516 e. The van der Waals surface area contributed by atoms with E-state index < -0.39 is 0 Å². The quantitative estimate of drug-likeness (QED) is 0.549. The molecule has 0 nitrogen and oxygen atoms in total. The Kier molecular flexibility index (Phi) is 14.9. The van der Waals surface area contributed by atoms with Crippen LogP contribution in [0.3, 0.4) is 0 Å². The van der Waals surface area contributed by atoms with Crippen molar-refractivity contribution in [3.8, 4) is 0 Å². The average Bonchev–Trinajstić information content (AvgIpc) is 1.90. The Balaban J connectivity index is 0. The van der Waals surface area contributed by atoms with Crippen LogP contribution in [-0.4, -0.2) is 112 Å². The second-order valence-electron chi connectivity index (χ2n) is 1.84. The molecule has 0 aliphatic heterocycles. The summed E-state index contributed by atoms with van der Waals surface area (Å²) in [5.41, 5.74) is 0. The van der Waals surface area contributed by atoms with Crippen molar-refractivity contribution in [2.24, 2.45) is 0 Å². The molecule has 0 atom stereocenters. The molecule has 10 heavy (non-hydrogen) atoms. The Morgan fingerprint density at radius 2 is 1.50 bits per heavy atom. The molecule has 0 saturated carbocycles. The zero-order valence-corrected chi connectivity index (χ0v) is 14.8. The molecule has 44 valence electrons. The molecule has 3 heteroatoms. The summed E-state index contributed by atoms with van der Waals surface area (Å²) >= 11 is 0. The van der Waals surface area contributed by atoms with Crippen LogP contribution in [0.15, 0.2) is 30.3 Å². The Bertz CT molecular complexity index is 153. The molecule has 1 rings (SSSR count). The van der Waals surface area contributed by atoms with Crippen LogP contribution >= 0.6 is 0 Å². The minimum Gasteiger partial charge on any atom is -0.0708 e. The fraction of sp³-hybridized carbons (Fsp3) is 0.143. The molecule has 0 heterocycles. The van der Waals surface area contributed by atoms with Gasteiger partial charge >= 0.3 is 0 Å². The van der Waals surface area contributed by atoms with Crippen molar-refractivity contribution in [1.82, 2.24) is 0 Å². The van der Waals surface area contributed by atoms with E-state index in [-0.39, 0.29) is 112 Å². The van der Waals surface area contributed by atoms with E-state index in [2.05, 4.69) is 36.9 Å². The van der Waals surface area contributed by atoms with Crippen LogP contribution in [0.2, 0.25) is 6.55 Å². The molecule has 0 spiro atoms. The van der Waals surface area contributed by atoms with Gasteiger partial charge in [-0.15, -0.1) is 0 Å². The van der Waals surface area contributed by atoms with Gasteiger partial charge in [-0.2, -0.15) is 0 Å². The summed E-state index contributed by atoms with van der Waals surface area (Å²) in [6.45, 7) is 2.30. The molecule has 1 aromatic rings. The number of benzene rings is 1. The first-order valence-electron chi connectivity index (χ1n) is 2.97. The maximum absolute atomic E-state index is 2.30. The molecule has 0 saturated heterocycles. The number of hydrogen-bond acceptors (Lipinski definition) is 0. The largest absolute Gasteiger partial charge is 0.0708 e. The second-order valence-corrected chi connectivity index (χ2v) is 3.36. The Labute approximate surface area is 150 Å². The molecular formula is C7H10K2Si. The summed E-state index contributed by atoms with van der Waals surface area (Å²) in [5.74, 6) is 0. The summed E-state index contributed by atoms with van der Waals surface area (Å²) in [6, 6.07) is 10.7. The molecule has 1 aromatic carbocycles. The van der Waals surface area contributed by atoms with E-state index in [9.17, 15) is 0 Å². The van der Waals surface area contributed by atoms with Crippen molar-refractivity contribution in [3.63, 3.8) is 0 Å². The van der Waals surface area contributed by atoms with Crippen molar-refractivity contribution in [2.75, 3.05) is 0 Å². The van der Waals surface area contributed by atoms with E-state index >= 15 is 0 Å². The third kappa shape index (κ3) is 6.25. The van der Waals surface area contributed by atoms with Crippen LogP contribution in [0, 0.1) is 0 Å². The summed E-state index contributed by atoms with van der Waals surface area (Å²) in [5, 5.41) is 1.55. The maximum Gasteiger partial charge on any atom is 0.0516 e. The van der Waals surface area contributed by atoms with Gasteiger partial charge < -0.3 is 0 Å². The first kappa shape index (κ1) is 15.2. The van der Waals surface area contributed by atoms with Crippen molar-refractivity contribution in [2.45, 2.75) is 6.55 Å². The summed E-state index contributed by atoms with van der Waals surface area (Å²) in [4.78, 5) is 0. The molecule has 0 aliphatic carbocycles. The van der Waals surface area contributed by atoms with Gasteiger partial charge in [0.05, 0.1) is 9.52 Å². The van der Waals surface area contributed by atoms with E-state index in [1.165, 1.54) is 0 Å². The minimum absolute atomic E-state index is 0. The molecule has 0 bridgehead atoms. The van der Waals surface area contributed by atoms with Gasteiger partial charge in [-0.25, -0.2) is 0 Å². The van der Waals surface area contributed by atoms with Crippen LogP contribution in [0.4, 0.5) is 0 Å². The molecule has 0 amide bonds. The van der Waals surface area contributed by atoms with Crippen molar-refractivity contribution in [3.05, 3.63) is 30.3 Å². The zero-order valence-electron chi connectivity index (χ0n) is 7.09.